The number of aromatic nitrogens is 2. The Morgan fingerprint density at radius 3 is 2.37 bits per heavy atom. The van der Waals surface area contributed by atoms with E-state index >= 15 is 0 Å². The van der Waals surface area contributed by atoms with Gasteiger partial charge in [0.1, 0.15) is 6.04 Å². The minimum atomic E-state index is -4.75. The molecule has 2 aromatic heterocycles. The molecule has 0 aliphatic rings. The molecule has 0 radical (unpaired) electrons. The number of carboxylic acid groups (broad SMARTS) is 1. The normalized spacial score (nSPS) is 13.4. The largest absolute Gasteiger partial charge is 0.481 e. The molecule has 0 unspecified atom stereocenters. The van der Waals surface area contributed by atoms with Gasteiger partial charge in [-0.15, -0.1) is 11.3 Å². The van der Waals surface area contributed by atoms with Crippen LogP contribution in [0, 0.1) is 19.8 Å². The fourth-order valence-electron chi connectivity index (χ4n) is 5.75. The molecule has 2 heterocycles. The molecule has 12 heteroatoms. The van der Waals surface area contributed by atoms with E-state index in [1.54, 1.807) is 30.6 Å². The number of likely N-dealkylation sites (N-methyl/N-ethyl adjacent to an activating group) is 1. The van der Waals surface area contributed by atoms with Gasteiger partial charge >= 0.3 is 12.1 Å². The van der Waals surface area contributed by atoms with Crippen molar-refractivity contribution in [2.24, 2.45) is 5.92 Å². The molecule has 0 saturated heterocycles. The molecule has 4 rings (SSSR count). The lowest BCUT2D eigenvalue weighted by molar-refractivity contribution is -0.139. The Hall–Kier alpha value is -4.03. The summed E-state index contributed by atoms with van der Waals surface area (Å²) >= 11 is 1.46. The van der Waals surface area contributed by atoms with Crippen LogP contribution in [0.25, 0.3) is 21.3 Å². The molecular formula is C34H39F3N4O4S. The minimum Gasteiger partial charge on any atom is -0.481 e. The maximum atomic E-state index is 14.0. The van der Waals surface area contributed by atoms with E-state index in [4.69, 9.17) is 0 Å². The number of carboxylic acids is 1. The topological polar surface area (TPSA) is 105 Å². The highest BCUT2D eigenvalue weighted by atomic mass is 32.1. The van der Waals surface area contributed by atoms with Crippen LogP contribution in [0.5, 0.6) is 0 Å². The average molecular weight is 657 g/mol. The third-order valence-electron chi connectivity index (χ3n) is 7.93. The number of nitrogens with one attached hydrogen (secondary N) is 1. The van der Waals surface area contributed by atoms with Gasteiger partial charge in [-0.25, -0.2) is 4.98 Å². The van der Waals surface area contributed by atoms with Crippen LogP contribution >= 0.6 is 11.3 Å². The van der Waals surface area contributed by atoms with Crippen LogP contribution in [0.1, 0.15) is 66.6 Å². The molecule has 0 saturated carbocycles. The van der Waals surface area contributed by atoms with Crippen molar-refractivity contribution in [3.05, 3.63) is 86.3 Å². The number of pyridine rings is 1. The lowest BCUT2D eigenvalue weighted by atomic mass is 9.92. The zero-order chi connectivity index (χ0) is 33.9. The highest BCUT2D eigenvalue weighted by Crippen LogP contribution is 2.38. The third kappa shape index (κ3) is 8.03. The van der Waals surface area contributed by atoms with Crippen LogP contribution in [0.3, 0.4) is 0 Å². The lowest BCUT2D eigenvalue weighted by Crippen LogP contribution is -2.40. The quantitative estimate of drug-likeness (QED) is 0.174. The first kappa shape index (κ1) is 34.8. The molecule has 46 heavy (non-hydrogen) atoms. The second-order valence-electron chi connectivity index (χ2n) is 12.3. The Morgan fingerprint density at radius 2 is 1.78 bits per heavy atom. The van der Waals surface area contributed by atoms with Gasteiger partial charge in [0, 0.05) is 24.4 Å². The van der Waals surface area contributed by atoms with E-state index in [1.807, 2.05) is 52.0 Å². The summed E-state index contributed by atoms with van der Waals surface area (Å²) in [5.74, 6) is -1.93. The van der Waals surface area contributed by atoms with Gasteiger partial charge in [0.2, 0.25) is 5.91 Å². The van der Waals surface area contributed by atoms with Gasteiger partial charge in [-0.2, -0.15) is 13.2 Å². The highest BCUT2D eigenvalue weighted by Gasteiger charge is 2.36. The van der Waals surface area contributed by atoms with Crippen LogP contribution < -0.4 is 10.9 Å². The maximum absolute atomic E-state index is 14.0. The molecule has 0 aliphatic heterocycles. The number of carbonyl (C=O) groups is 2. The molecule has 0 bridgehead atoms. The Balaban J connectivity index is 1.81. The lowest BCUT2D eigenvalue weighted by Gasteiger charge is -2.26. The Kier molecular flexibility index (Phi) is 10.7. The first-order valence-corrected chi connectivity index (χ1v) is 15.9. The third-order valence-corrected chi connectivity index (χ3v) is 8.81. The van der Waals surface area contributed by atoms with Crippen molar-refractivity contribution in [1.82, 2.24) is 19.8 Å². The number of benzene rings is 2. The molecular weight excluding hydrogens is 617 g/mol. The number of hydrogen-bond donors (Lipinski definition) is 2. The van der Waals surface area contributed by atoms with Crippen molar-refractivity contribution in [3.8, 4) is 11.1 Å². The van der Waals surface area contributed by atoms with Crippen molar-refractivity contribution >= 4 is 33.4 Å². The fraction of sp³-hybridized carbons (Fsp3) is 0.412. The van der Waals surface area contributed by atoms with Gasteiger partial charge < -0.3 is 19.9 Å². The zero-order valence-electron chi connectivity index (χ0n) is 26.7. The molecule has 0 aliphatic carbocycles. The zero-order valence-corrected chi connectivity index (χ0v) is 27.6. The van der Waals surface area contributed by atoms with Gasteiger partial charge in [0.05, 0.1) is 33.8 Å². The van der Waals surface area contributed by atoms with Crippen molar-refractivity contribution in [2.45, 2.75) is 65.2 Å². The molecule has 4 aromatic rings. The smallest absolute Gasteiger partial charge is 0.416 e. The fourth-order valence-corrected chi connectivity index (χ4v) is 6.54. The molecule has 8 nitrogen and oxygen atoms in total. The predicted octanol–water partition coefficient (Wildman–Crippen LogP) is 6.78. The van der Waals surface area contributed by atoms with Crippen LogP contribution in [-0.2, 0) is 22.2 Å². The summed E-state index contributed by atoms with van der Waals surface area (Å²) in [5.41, 5.74) is 4.67. The summed E-state index contributed by atoms with van der Waals surface area (Å²) in [7, 11) is 3.46. The number of rotatable bonds is 12. The predicted molar refractivity (Wildman–Crippen MR) is 174 cm³/mol. The number of halogens is 3. The summed E-state index contributed by atoms with van der Waals surface area (Å²) in [6, 6.07) is 7.92. The number of amides is 1. The monoisotopic (exact) mass is 656 g/mol. The van der Waals surface area contributed by atoms with E-state index in [2.05, 4.69) is 10.3 Å². The summed E-state index contributed by atoms with van der Waals surface area (Å²) in [4.78, 5) is 45.5. The number of nitrogens with zero attached hydrogens (tertiary/aromatic N) is 3. The highest BCUT2D eigenvalue weighted by molar-refractivity contribution is 7.17. The van der Waals surface area contributed by atoms with E-state index < -0.39 is 47.7 Å². The van der Waals surface area contributed by atoms with Crippen LogP contribution in [0.2, 0.25) is 0 Å². The van der Waals surface area contributed by atoms with Gasteiger partial charge in [-0.3, -0.25) is 14.4 Å². The van der Waals surface area contributed by atoms with E-state index in [1.165, 1.54) is 11.3 Å². The summed E-state index contributed by atoms with van der Waals surface area (Å²) in [6.45, 7) is 7.95. The van der Waals surface area contributed by atoms with E-state index in [-0.39, 0.29) is 24.3 Å². The van der Waals surface area contributed by atoms with Gasteiger partial charge in [-0.1, -0.05) is 32.0 Å². The molecule has 246 valence electrons. The van der Waals surface area contributed by atoms with E-state index in [9.17, 15) is 32.7 Å². The molecule has 0 fully saturated rings. The van der Waals surface area contributed by atoms with Crippen molar-refractivity contribution < 1.29 is 27.9 Å². The Bertz CT molecular complexity index is 1780. The Labute approximate surface area is 269 Å². The molecule has 2 N–H and O–H groups in total. The van der Waals surface area contributed by atoms with Gasteiger partial charge in [0.15, 0.2) is 0 Å². The van der Waals surface area contributed by atoms with Crippen LogP contribution in [0.15, 0.2) is 52.9 Å². The van der Waals surface area contributed by atoms with E-state index in [0.29, 0.717) is 23.7 Å². The van der Waals surface area contributed by atoms with E-state index in [0.717, 1.165) is 37.7 Å². The van der Waals surface area contributed by atoms with Gasteiger partial charge in [0.25, 0.3) is 5.56 Å². The minimum absolute atomic E-state index is 0.00846. The number of carbonyl (C=O) groups excluding carboxylic acids is 1. The molecule has 0 spiro atoms. The van der Waals surface area contributed by atoms with Crippen molar-refractivity contribution in [2.75, 3.05) is 20.6 Å². The standard InChI is InChI=1S/C34H39F3N4O4S/c1-19(2)12-28(41-17-22(10-11-40(5)6)25(15-29(41)42)34(35,36)37)33(45)39-26(16-30(43)44)23-13-24(32-27(14-23)38-18-46-32)31-20(3)8-7-9-21(31)4/h7-9,13-15,17-19,26,28H,10-12,16H2,1-6H3,(H,39,45)(H,43,44)/t26-,28-/m1/s1. The second-order valence-corrected chi connectivity index (χ2v) is 13.2. The first-order valence-electron chi connectivity index (χ1n) is 15.0. The number of thiazole rings is 1. The molecule has 2 atom stereocenters. The first-order chi connectivity index (χ1) is 21.6. The summed E-state index contributed by atoms with van der Waals surface area (Å²) in [6.07, 6.45) is -3.92. The summed E-state index contributed by atoms with van der Waals surface area (Å²) in [5, 5.41) is 12.7. The SMILES string of the molecule is Cc1cccc(C)c1-c1cc([C@@H](CC(=O)O)NC(=O)[C@@H](CC(C)C)n2cc(CCN(C)C)c(C(F)(F)F)cc2=O)cc2ncsc12. The van der Waals surface area contributed by atoms with Crippen molar-refractivity contribution in [3.63, 3.8) is 0 Å². The summed E-state index contributed by atoms with van der Waals surface area (Å²) < 4.78 is 43.8. The number of fused-ring (bicyclic) bond motifs is 1. The number of aryl methyl sites for hydroxylation is 2. The Morgan fingerprint density at radius 1 is 1.11 bits per heavy atom. The van der Waals surface area contributed by atoms with Gasteiger partial charge in [-0.05, 0) is 86.7 Å². The molecule has 1 amide bonds. The maximum Gasteiger partial charge on any atom is 0.416 e. The second kappa shape index (κ2) is 14.2. The van der Waals surface area contributed by atoms with Crippen LogP contribution in [-0.4, -0.2) is 52.1 Å². The number of hydrogen-bond acceptors (Lipinski definition) is 6. The van der Waals surface area contributed by atoms with Crippen molar-refractivity contribution in [1.29, 1.82) is 0 Å². The number of aliphatic carboxylic acids is 1. The molecule has 2 aromatic carbocycles. The average Bonchev–Trinajstić information content (AvgIpc) is 3.43. The van der Waals surface area contributed by atoms with Crippen LogP contribution in [0.4, 0.5) is 13.2 Å². The number of alkyl halides is 3.